The zero-order chi connectivity index (χ0) is 19.6. The Balaban J connectivity index is 1.67. The number of nitrogens with zero attached hydrogens (tertiary/aromatic N) is 2. The van der Waals surface area contributed by atoms with Crippen molar-refractivity contribution in [3.63, 3.8) is 0 Å². The van der Waals surface area contributed by atoms with Gasteiger partial charge in [-0.05, 0) is 61.4 Å². The van der Waals surface area contributed by atoms with Gasteiger partial charge in [0.1, 0.15) is 0 Å². The fraction of sp³-hybridized carbons (Fsp3) is 0.350. The third kappa shape index (κ3) is 4.31. The summed E-state index contributed by atoms with van der Waals surface area (Å²) in [5, 5.41) is 2.74. The van der Waals surface area contributed by atoms with Crippen LogP contribution >= 0.6 is 0 Å². The second kappa shape index (κ2) is 7.70. The van der Waals surface area contributed by atoms with Gasteiger partial charge in [0, 0.05) is 44.5 Å². The highest BCUT2D eigenvalue weighted by Gasteiger charge is 2.28. The first kappa shape index (κ1) is 19.4. The molecule has 3 rings (SSSR count). The van der Waals surface area contributed by atoms with E-state index in [2.05, 4.69) is 10.2 Å². The molecule has 144 valence electrons. The van der Waals surface area contributed by atoms with Crippen molar-refractivity contribution in [2.75, 3.05) is 36.4 Å². The van der Waals surface area contributed by atoms with Crippen molar-refractivity contribution in [3.8, 4) is 0 Å². The van der Waals surface area contributed by atoms with Gasteiger partial charge in [-0.3, -0.25) is 4.79 Å². The Bertz CT molecular complexity index is 931. The van der Waals surface area contributed by atoms with Gasteiger partial charge < -0.3 is 10.2 Å². The Morgan fingerprint density at radius 3 is 2.11 bits per heavy atom. The molecule has 0 bridgehead atoms. The third-order valence-electron chi connectivity index (χ3n) is 4.91. The number of rotatable bonds is 4. The van der Waals surface area contributed by atoms with Crippen LogP contribution in [-0.4, -0.2) is 44.8 Å². The normalized spacial score (nSPS) is 15.6. The van der Waals surface area contributed by atoms with E-state index in [0.29, 0.717) is 31.1 Å². The van der Waals surface area contributed by atoms with E-state index in [0.717, 1.165) is 22.5 Å². The molecular weight excluding hydrogens is 362 g/mol. The van der Waals surface area contributed by atoms with E-state index in [9.17, 15) is 13.2 Å². The number of carbonyl (C=O) groups is 1. The lowest BCUT2D eigenvalue weighted by atomic mass is 10.1. The summed E-state index contributed by atoms with van der Waals surface area (Å²) in [4.78, 5) is 13.6. The fourth-order valence-electron chi connectivity index (χ4n) is 3.17. The average molecular weight is 388 g/mol. The Morgan fingerprint density at radius 1 is 0.926 bits per heavy atom. The molecule has 7 heteroatoms. The molecule has 1 saturated heterocycles. The number of amides is 1. The summed E-state index contributed by atoms with van der Waals surface area (Å²) >= 11 is 0. The van der Waals surface area contributed by atoms with E-state index >= 15 is 0 Å². The summed E-state index contributed by atoms with van der Waals surface area (Å²) in [7, 11) is -3.47. The number of benzene rings is 2. The van der Waals surface area contributed by atoms with Crippen molar-refractivity contribution in [3.05, 3.63) is 53.6 Å². The number of carbonyl (C=O) groups excluding carboxylic acids is 1. The van der Waals surface area contributed by atoms with Gasteiger partial charge in [0.15, 0.2) is 0 Å². The molecule has 0 radical (unpaired) electrons. The monoisotopic (exact) mass is 387 g/mol. The Labute approximate surface area is 160 Å². The van der Waals surface area contributed by atoms with Gasteiger partial charge in [0.05, 0.1) is 4.90 Å². The maximum absolute atomic E-state index is 12.9. The molecule has 0 atom stereocenters. The molecule has 0 saturated carbocycles. The molecule has 2 aromatic rings. The average Bonchev–Trinajstić information content (AvgIpc) is 2.64. The molecule has 27 heavy (non-hydrogen) atoms. The van der Waals surface area contributed by atoms with Gasteiger partial charge in [0.25, 0.3) is 0 Å². The molecule has 0 aliphatic carbocycles. The minimum atomic E-state index is -3.47. The molecule has 1 N–H and O–H groups in total. The van der Waals surface area contributed by atoms with Crippen LogP contribution in [0.4, 0.5) is 11.4 Å². The van der Waals surface area contributed by atoms with Crippen LogP contribution in [0.15, 0.2) is 47.4 Å². The van der Waals surface area contributed by atoms with E-state index in [4.69, 9.17) is 0 Å². The van der Waals surface area contributed by atoms with Crippen LogP contribution < -0.4 is 10.2 Å². The number of hydrogen-bond acceptors (Lipinski definition) is 4. The Hall–Kier alpha value is -2.38. The third-order valence-corrected chi connectivity index (χ3v) is 6.80. The highest BCUT2D eigenvalue weighted by Crippen LogP contribution is 2.23. The Morgan fingerprint density at radius 2 is 1.56 bits per heavy atom. The fourth-order valence-corrected chi connectivity index (χ4v) is 4.68. The first-order valence-corrected chi connectivity index (χ1v) is 10.4. The quantitative estimate of drug-likeness (QED) is 0.876. The summed E-state index contributed by atoms with van der Waals surface area (Å²) in [5.41, 5.74) is 3.84. The molecule has 0 unspecified atom stereocenters. The van der Waals surface area contributed by atoms with Crippen LogP contribution in [0.3, 0.4) is 0 Å². The second-order valence-electron chi connectivity index (χ2n) is 6.87. The lowest BCUT2D eigenvalue weighted by molar-refractivity contribution is -0.114. The van der Waals surface area contributed by atoms with Crippen LogP contribution in [0, 0.1) is 13.8 Å². The van der Waals surface area contributed by atoms with Crippen LogP contribution in [0.1, 0.15) is 18.1 Å². The summed E-state index contributed by atoms with van der Waals surface area (Å²) in [6.07, 6.45) is 0. The topological polar surface area (TPSA) is 69.7 Å². The van der Waals surface area contributed by atoms with Crippen molar-refractivity contribution >= 4 is 27.3 Å². The lowest BCUT2D eigenvalue weighted by Crippen LogP contribution is -2.48. The van der Waals surface area contributed by atoms with Crippen LogP contribution in [0.5, 0.6) is 0 Å². The van der Waals surface area contributed by atoms with Gasteiger partial charge >= 0.3 is 0 Å². The minimum absolute atomic E-state index is 0.104. The summed E-state index contributed by atoms with van der Waals surface area (Å²) in [6.45, 7) is 7.53. The lowest BCUT2D eigenvalue weighted by Gasteiger charge is -2.35. The van der Waals surface area contributed by atoms with E-state index in [1.807, 2.05) is 44.2 Å². The smallest absolute Gasteiger partial charge is 0.243 e. The standard InChI is InChI=1S/C20H25N3O3S/c1-15-4-9-20(14-16(15)2)27(25,26)23-12-10-22(11-13-23)19-7-5-18(6-8-19)21-17(3)24/h4-9,14H,10-13H2,1-3H3,(H,21,24). The largest absolute Gasteiger partial charge is 0.369 e. The number of nitrogens with one attached hydrogen (secondary N) is 1. The van der Waals surface area contributed by atoms with Gasteiger partial charge in [-0.15, -0.1) is 0 Å². The predicted octanol–water partition coefficient (Wildman–Crippen LogP) is 2.77. The molecule has 2 aromatic carbocycles. The van der Waals surface area contributed by atoms with Crippen molar-refractivity contribution in [1.29, 1.82) is 0 Å². The number of sulfonamides is 1. The van der Waals surface area contributed by atoms with Crippen LogP contribution in [0.25, 0.3) is 0 Å². The van der Waals surface area contributed by atoms with E-state index in [1.54, 1.807) is 16.4 Å². The SMILES string of the molecule is CC(=O)Nc1ccc(N2CCN(S(=O)(=O)c3ccc(C)c(C)c3)CC2)cc1. The van der Waals surface area contributed by atoms with Crippen LogP contribution in [-0.2, 0) is 14.8 Å². The number of piperazine rings is 1. The molecule has 0 spiro atoms. The second-order valence-corrected chi connectivity index (χ2v) is 8.80. The summed E-state index contributed by atoms with van der Waals surface area (Å²) < 4.78 is 27.4. The van der Waals surface area contributed by atoms with E-state index in [1.165, 1.54) is 6.92 Å². The van der Waals surface area contributed by atoms with Gasteiger partial charge in [-0.2, -0.15) is 4.31 Å². The molecule has 1 aliphatic rings. The van der Waals surface area contributed by atoms with Crippen molar-refractivity contribution < 1.29 is 13.2 Å². The van der Waals surface area contributed by atoms with Crippen LogP contribution in [0.2, 0.25) is 0 Å². The predicted molar refractivity (Wildman–Crippen MR) is 108 cm³/mol. The molecule has 6 nitrogen and oxygen atoms in total. The number of anilines is 2. The maximum atomic E-state index is 12.9. The zero-order valence-corrected chi connectivity index (χ0v) is 16.7. The van der Waals surface area contributed by atoms with Gasteiger partial charge in [-0.25, -0.2) is 8.42 Å². The highest BCUT2D eigenvalue weighted by atomic mass is 32.2. The molecular formula is C20H25N3O3S. The highest BCUT2D eigenvalue weighted by molar-refractivity contribution is 7.89. The van der Waals surface area contributed by atoms with Gasteiger partial charge in [-0.1, -0.05) is 6.07 Å². The minimum Gasteiger partial charge on any atom is -0.369 e. The van der Waals surface area contributed by atoms with Crippen molar-refractivity contribution in [1.82, 2.24) is 4.31 Å². The number of hydrogen-bond donors (Lipinski definition) is 1. The zero-order valence-electron chi connectivity index (χ0n) is 15.9. The Kier molecular flexibility index (Phi) is 5.53. The first-order chi connectivity index (χ1) is 12.8. The molecule has 1 heterocycles. The van der Waals surface area contributed by atoms with Gasteiger partial charge in [0.2, 0.25) is 15.9 Å². The van der Waals surface area contributed by atoms with E-state index in [-0.39, 0.29) is 5.91 Å². The molecule has 1 aliphatic heterocycles. The maximum Gasteiger partial charge on any atom is 0.243 e. The van der Waals surface area contributed by atoms with E-state index < -0.39 is 10.0 Å². The molecule has 0 aromatic heterocycles. The number of aryl methyl sites for hydroxylation is 2. The molecule has 1 fully saturated rings. The summed E-state index contributed by atoms with van der Waals surface area (Å²) in [5.74, 6) is -0.104. The summed E-state index contributed by atoms with van der Waals surface area (Å²) in [6, 6.07) is 12.9. The van der Waals surface area contributed by atoms with Crippen molar-refractivity contribution in [2.45, 2.75) is 25.7 Å². The molecule has 1 amide bonds. The first-order valence-electron chi connectivity index (χ1n) is 8.97. The van der Waals surface area contributed by atoms with Crippen molar-refractivity contribution in [2.24, 2.45) is 0 Å².